The van der Waals surface area contributed by atoms with E-state index < -0.39 is 26.8 Å². The first-order chi connectivity index (χ1) is 14.1. The fourth-order valence-corrected chi connectivity index (χ4v) is 4.33. The molecule has 1 atom stereocenters. The predicted octanol–water partition coefficient (Wildman–Crippen LogP) is 4.71. The second kappa shape index (κ2) is 8.38. The molecule has 30 heavy (non-hydrogen) atoms. The Labute approximate surface area is 173 Å². The van der Waals surface area contributed by atoms with Gasteiger partial charge in [0.25, 0.3) is 0 Å². The molecule has 3 rings (SSSR count). The minimum atomic E-state index is -5.79. The molecule has 164 valence electrons. The van der Waals surface area contributed by atoms with Crippen LogP contribution in [0, 0.1) is 11.3 Å². The third-order valence-corrected chi connectivity index (χ3v) is 6.38. The van der Waals surface area contributed by atoms with Crippen LogP contribution in [0.2, 0.25) is 0 Å². The van der Waals surface area contributed by atoms with Crippen LogP contribution in [0.4, 0.5) is 13.2 Å². The molecule has 1 aromatic rings. The average Bonchev–Trinajstić information content (AvgIpc) is 3.20. The minimum absolute atomic E-state index is 0.0136. The molecule has 1 fully saturated rings. The van der Waals surface area contributed by atoms with E-state index in [4.69, 9.17) is 9.47 Å². The van der Waals surface area contributed by atoms with Crippen molar-refractivity contribution in [1.82, 2.24) is 0 Å². The molecule has 1 saturated carbocycles. The molecule has 0 amide bonds. The van der Waals surface area contributed by atoms with Gasteiger partial charge < -0.3 is 13.7 Å². The van der Waals surface area contributed by atoms with Crippen molar-refractivity contribution in [3.63, 3.8) is 0 Å². The van der Waals surface area contributed by atoms with E-state index >= 15 is 0 Å². The highest BCUT2D eigenvalue weighted by molar-refractivity contribution is 7.87. The fraction of sp³-hybridized carbons (Fsp3) is 0.550. The molecule has 2 aliphatic rings. The molecule has 0 aliphatic heterocycles. The molecular weight excluding hydrogens is 423 g/mol. The molecule has 0 radical (unpaired) electrons. The van der Waals surface area contributed by atoms with Crippen molar-refractivity contribution in [1.29, 1.82) is 5.26 Å². The van der Waals surface area contributed by atoms with Crippen LogP contribution in [0.5, 0.6) is 11.5 Å². The van der Waals surface area contributed by atoms with Gasteiger partial charge in [0.15, 0.2) is 11.5 Å². The zero-order chi connectivity index (χ0) is 22.0. The van der Waals surface area contributed by atoms with Crippen molar-refractivity contribution in [2.45, 2.75) is 62.0 Å². The number of nitriles is 1. The minimum Gasteiger partial charge on any atom is -0.493 e. The monoisotopic (exact) mass is 445 g/mol. The van der Waals surface area contributed by atoms with Crippen molar-refractivity contribution in [3.05, 3.63) is 35.6 Å². The molecule has 0 bridgehead atoms. The van der Waals surface area contributed by atoms with E-state index in [9.17, 15) is 26.9 Å². The molecule has 2 aliphatic carbocycles. The maximum absolute atomic E-state index is 12.7. The Morgan fingerprint density at radius 3 is 2.47 bits per heavy atom. The first kappa shape index (κ1) is 22.3. The highest BCUT2D eigenvalue weighted by atomic mass is 32.2. The van der Waals surface area contributed by atoms with Crippen LogP contribution in [-0.4, -0.2) is 27.1 Å². The van der Waals surface area contributed by atoms with E-state index in [-0.39, 0.29) is 18.9 Å². The smallest absolute Gasteiger partial charge is 0.493 e. The lowest BCUT2D eigenvalue weighted by atomic mass is 9.74. The van der Waals surface area contributed by atoms with Gasteiger partial charge in [0.1, 0.15) is 11.2 Å². The number of halogens is 3. The standard InChI is InChI=1S/C20H22F3NO5S/c1-27-17-9-8-14(11-18(17)28-15-5-2-3-6-15)19(13-24)10-4-7-16(12-19)29-30(25,26)20(21,22)23/h8-9,11-12,15H,2-7,10H2,1H3. The number of nitrogens with zero attached hydrogens (tertiary/aromatic N) is 1. The lowest BCUT2D eigenvalue weighted by Crippen LogP contribution is -2.29. The molecule has 10 heteroatoms. The van der Waals surface area contributed by atoms with E-state index in [0.717, 1.165) is 25.7 Å². The van der Waals surface area contributed by atoms with Crippen LogP contribution < -0.4 is 9.47 Å². The zero-order valence-corrected chi connectivity index (χ0v) is 17.2. The Balaban J connectivity index is 1.96. The summed E-state index contributed by atoms with van der Waals surface area (Å²) in [7, 11) is -4.30. The van der Waals surface area contributed by atoms with Crippen LogP contribution in [0.1, 0.15) is 50.5 Å². The van der Waals surface area contributed by atoms with Gasteiger partial charge in [-0.15, -0.1) is 0 Å². The highest BCUT2D eigenvalue weighted by Gasteiger charge is 2.49. The lowest BCUT2D eigenvalue weighted by Gasteiger charge is -2.29. The molecular formula is C20H22F3NO5S. The van der Waals surface area contributed by atoms with Crippen LogP contribution in [-0.2, 0) is 19.7 Å². The predicted molar refractivity (Wildman–Crippen MR) is 101 cm³/mol. The SMILES string of the molecule is COc1ccc(C2(C#N)C=C(OS(=O)(=O)C(F)(F)F)CCC2)cc1OC1CCCC1. The average molecular weight is 445 g/mol. The molecule has 0 aromatic heterocycles. The fourth-order valence-electron chi connectivity index (χ4n) is 3.83. The summed E-state index contributed by atoms with van der Waals surface area (Å²) in [6, 6.07) is 7.01. The van der Waals surface area contributed by atoms with Crippen molar-refractivity contribution >= 4 is 10.1 Å². The third-order valence-electron chi connectivity index (χ3n) is 5.38. The number of benzene rings is 1. The van der Waals surface area contributed by atoms with Crippen molar-refractivity contribution in [3.8, 4) is 17.6 Å². The molecule has 0 N–H and O–H groups in total. The van der Waals surface area contributed by atoms with E-state index in [1.807, 2.05) is 0 Å². The Morgan fingerprint density at radius 1 is 1.17 bits per heavy atom. The maximum atomic E-state index is 12.7. The van der Waals surface area contributed by atoms with Crippen LogP contribution >= 0.6 is 0 Å². The molecule has 0 heterocycles. The number of hydrogen-bond donors (Lipinski definition) is 0. The normalized spacial score (nSPS) is 22.8. The zero-order valence-electron chi connectivity index (χ0n) is 16.4. The molecule has 1 aromatic carbocycles. The largest absolute Gasteiger partial charge is 0.534 e. The lowest BCUT2D eigenvalue weighted by molar-refractivity contribution is -0.0524. The summed E-state index contributed by atoms with van der Waals surface area (Å²) in [4.78, 5) is 0. The second-order valence-corrected chi connectivity index (χ2v) is 8.96. The number of rotatable bonds is 6. The van der Waals surface area contributed by atoms with Gasteiger partial charge in [0, 0.05) is 6.42 Å². The quantitative estimate of drug-likeness (QED) is 0.466. The summed E-state index contributed by atoms with van der Waals surface area (Å²) in [6.07, 6.45) is 5.72. The number of methoxy groups -OCH3 is 1. The van der Waals surface area contributed by atoms with E-state index in [0.29, 0.717) is 23.5 Å². The number of ether oxygens (including phenoxy) is 2. The first-order valence-electron chi connectivity index (χ1n) is 9.59. The Bertz CT molecular complexity index is 962. The van der Waals surface area contributed by atoms with Gasteiger partial charge >= 0.3 is 15.6 Å². The van der Waals surface area contributed by atoms with Gasteiger partial charge in [-0.05, 0) is 62.3 Å². The van der Waals surface area contributed by atoms with Crippen LogP contribution in [0.15, 0.2) is 30.0 Å². The van der Waals surface area contributed by atoms with Gasteiger partial charge in [0.2, 0.25) is 0 Å². The molecule has 6 nitrogen and oxygen atoms in total. The number of hydrogen-bond acceptors (Lipinski definition) is 6. The summed E-state index contributed by atoms with van der Waals surface area (Å²) >= 11 is 0. The first-order valence-corrected chi connectivity index (χ1v) is 11.0. The van der Waals surface area contributed by atoms with Gasteiger partial charge in [0.05, 0.1) is 19.3 Å². The van der Waals surface area contributed by atoms with Crippen molar-refractivity contribution in [2.24, 2.45) is 0 Å². The molecule has 0 spiro atoms. The third kappa shape index (κ3) is 4.51. The Kier molecular flexibility index (Phi) is 6.22. The molecule has 0 saturated heterocycles. The highest BCUT2D eigenvalue weighted by Crippen LogP contribution is 2.42. The summed E-state index contributed by atoms with van der Waals surface area (Å²) in [5.41, 5.74) is -6.40. The summed E-state index contributed by atoms with van der Waals surface area (Å²) < 4.78 is 76.5. The van der Waals surface area contributed by atoms with E-state index in [1.54, 1.807) is 18.2 Å². The van der Waals surface area contributed by atoms with Crippen molar-refractivity contribution < 1.29 is 35.2 Å². The maximum Gasteiger partial charge on any atom is 0.534 e. The second-order valence-electron chi connectivity index (χ2n) is 7.42. The number of alkyl halides is 3. The van der Waals surface area contributed by atoms with Crippen LogP contribution in [0.3, 0.4) is 0 Å². The summed E-state index contributed by atoms with van der Waals surface area (Å²) in [6.45, 7) is 0. The summed E-state index contributed by atoms with van der Waals surface area (Å²) in [5.74, 6) is 0.532. The van der Waals surface area contributed by atoms with E-state index in [1.165, 1.54) is 13.2 Å². The van der Waals surface area contributed by atoms with Gasteiger partial charge in [-0.1, -0.05) is 6.07 Å². The summed E-state index contributed by atoms with van der Waals surface area (Å²) in [5, 5.41) is 9.88. The van der Waals surface area contributed by atoms with Gasteiger partial charge in [-0.2, -0.15) is 26.9 Å². The van der Waals surface area contributed by atoms with Gasteiger partial charge in [-0.3, -0.25) is 0 Å². The van der Waals surface area contributed by atoms with Crippen molar-refractivity contribution in [2.75, 3.05) is 7.11 Å². The van der Waals surface area contributed by atoms with Crippen LogP contribution in [0.25, 0.3) is 0 Å². The number of allylic oxidation sites excluding steroid dienone is 2. The Morgan fingerprint density at radius 2 is 1.87 bits per heavy atom. The Hall–Kier alpha value is -2.41. The van der Waals surface area contributed by atoms with E-state index in [2.05, 4.69) is 10.3 Å². The topological polar surface area (TPSA) is 85.6 Å². The molecule has 1 unspecified atom stereocenters. The van der Waals surface area contributed by atoms with Gasteiger partial charge in [-0.25, -0.2) is 0 Å².